The van der Waals surface area contributed by atoms with E-state index < -0.39 is 0 Å². The Morgan fingerprint density at radius 2 is 2.00 bits per heavy atom. The van der Waals surface area contributed by atoms with Gasteiger partial charge in [-0.1, -0.05) is 0 Å². The summed E-state index contributed by atoms with van der Waals surface area (Å²) in [6, 6.07) is 2.71. The largest absolute Gasteiger partial charge is 0.300 e. The van der Waals surface area contributed by atoms with Crippen LogP contribution >= 0.6 is 0 Å². The molecule has 0 amide bonds. The van der Waals surface area contributed by atoms with Crippen LogP contribution in [-0.2, 0) is 0 Å². The molecule has 1 N–H and O–H groups in total. The summed E-state index contributed by atoms with van der Waals surface area (Å²) in [6.07, 6.45) is 0.911. The number of hydrogen-bond donors (Lipinski definition) is 1. The summed E-state index contributed by atoms with van der Waals surface area (Å²) in [7, 11) is 2.19. The van der Waals surface area contributed by atoms with Crippen LogP contribution in [0, 0.1) is 11.3 Å². The topological polar surface area (TPSA) is 42.3 Å². The molecule has 18 heavy (non-hydrogen) atoms. The fourth-order valence-corrected chi connectivity index (χ4v) is 2.43. The van der Waals surface area contributed by atoms with E-state index in [1.54, 1.807) is 0 Å². The molecule has 4 nitrogen and oxygen atoms in total. The van der Waals surface area contributed by atoms with Crippen molar-refractivity contribution < 1.29 is 0 Å². The van der Waals surface area contributed by atoms with E-state index in [0.29, 0.717) is 6.04 Å². The lowest BCUT2D eigenvalue weighted by atomic mass is 9.99. The van der Waals surface area contributed by atoms with E-state index >= 15 is 0 Å². The second-order valence-electron chi connectivity index (χ2n) is 6.30. The van der Waals surface area contributed by atoms with Crippen molar-refractivity contribution in [2.75, 3.05) is 33.2 Å². The third kappa shape index (κ3) is 4.56. The molecular weight excluding hydrogens is 224 g/mol. The quantitative estimate of drug-likeness (QED) is 0.801. The van der Waals surface area contributed by atoms with Crippen LogP contribution in [0.2, 0.25) is 0 Å². The van der Waals surface area contributed by atoms with Crippen molar-refractivity contribution in [3.8, 4) is 6.07 Å². The van der Waals surface area contributed by atoms with Gasteiger partial charge in [-0.25, -0.2) is 0 Å². The zero-order chi connectivity index (χ0) is 13.8. The van der Waals surface area contributed by atoms with Gasteiger partial charge in [0.25, 0.3) is 0 Å². The standard InChI is InChI=1S/C14H28N4/c1-12(2)16-13(10-15)6-7-18-9-8-17(5)14(3,4)11-18/h12-13,16H,6-9,11H2,1-5H3. The van der Waals surface area contributed by atoms with E-state index in [0.717, 1.165) is 32.6 Å². The van der Waals surface area contributed by atoms with Gasteiger partial charge in [0.1, 0.15) is 0 Å². The van der Waals surface area contributed by atoms with Gasteiger partial charge in [0.15, 0.2) is 0 Å². The zero-order valence-electron chi connectivity index (χ0n) is 12.5. The van der Waals surface area contributed by atoms with Crippen molar-refractivity contribution in [2.24, 2.45) is 0 Å². The maximum Gasteiger partial charge on any atom is 0.0967 e. The Labute approximate surface area is 112 Å². The minimum absolute atomic E-state index is 0.0206. The lowest BCUT2D eigenvalue weighted by molar-refractivity contribution is 0.0388. The lowest BCUT2D eigenvalue weighted by Crippen LogP contribution is -2.57. The average Bonchev–Trinajstić information content (AvgIpc) is 2.28. The van der Waals surface area contributed by atoms with Crippen molar-refractivity contribution in [3.05, 3.63) is 0 Å². The first-order valence-electron chi connectivity index (χ1n) is 6.94. The molecule has 104 valence electrons. The summed E-state index contributed by atoms with van der Waals surface area (Å²) in [5, 5.41) is 12.4. The SMILES string of the molecule is CC(C)NC(C#N)CCN1CCN(C)C(C)(C)C1. The molecule has 4 heteroatoms. The van der Waals surface area contributed by atoms with Gasteiger partial charge in [0.2, 0.25) is 0 Å². The second kappa shape index (κ2) is 6.51. The van der Waals surface area contributed by atoms with E-state index in [4.69, 9.17) is 5.26 Å². The number of likely N-dealkylation sites (N-methyl/N-ethyl adjacent to an activating group) is 1. The number of nitrogens with one attached hydrogen (secondary N) is 1. The molecule has 0 aromatic heterocycles. The molecule has 1 heterocycles. The summed E-state index contributed by atoms with van der Waals surface area (Å²) in [6.45, 7) is 13.1. The van der Waals surface area contributed by atoms with Crippen LogP contribution in [0.1, 0.15) is 34.1 Å². The highest BCUT2D eigenvalue weighted by atomic mass is 15.3. The Morgan fingerprint density at radius 3 is 2.50 bits per heavy atom. The van der Waals surface area contributed by atoms with Crippen LogP contribution in [0.25, 0.3) is 0 Å². The van der Waals surface area contributed by atoms with Gasteiger partial charge in [-0.3, -0.25) is 10.2 Å². The van der Waals surface area contributed by atoms with Crippen molar-refractivity contribution in [3.63, 3.8) is 0 Å². The van der Waals surface area contributed by atoms with Gasteiger partial charge in [-0.15, -0.1) is 0 Å². The Hall–Kier alpha value is -0.630. The molecule has 1 aliphatic rings. The summed E-state index contributed by atoms with van der Waals surface area (Å²) >= 11 is 0. The van der Waals surface area contributed by atoms with Gasteiger partial charge >= 0.3 is 0 Å². The fraction of sp³-hybridized carbons (Fsp3) is 0.929. The van der Waals surface area contributed by atoms with E-state index in [9.17, 15) is 0 Å². The van der Waals surface area contributed by atoms with Crippen LogP contribution in [0.15, 0.2) is 0 Å². The molecule has 0 bridgehead atoms. The average molecular weight is 252 g/mol. The van der Waals surface area contributed by atoms with E-state index in [2.05, 4.69) is 55.9 Å². The van der Waals surface area contributed by atoms with Crippen LogP contribution in [-0.4, -0.2) is 60.6 Å². The first-order valence-corrected chi connectivity index (χ1v) is 6.94. The van der Waals surface area contributed by atoms with Crippen LogP contribution in [0.3, 0.4) is 0 Å². The molecule has 1 unspecified atom stereocenters. The maximum absolute atomic E-state index is 9.11. The Bertz CT molecular complexity index is 293. The summed E-state index contributed by atoms with van der Waals surface area (Å²) in [5.74, 6) is 0. The number of hydrogen-bond acceptors (Lipinski definition) is 4. The molecule has 0 aromatic rings. The third-order valence-electron chi connectivity index (χ3n) is 3.82. The van der Waals surface area contributed by atoms with Gasteiger partial charge in [0, 0.05) is 37.8 Å². The lowest BCUT2D eigenvalue weighted by Gasteiger charge is -2.45. The number of piperazine rings is 1. The van der Waals surface area contributed by atoms with Crippen LogP contribution in [0.5, 0.6) is 0 Å². The molecule has 0 spiro atoms. The van der Waals surface area contributed by atoms with E-state index in [1.165, 1.54) is 0 Å². The smallest absolute Gasteiger partial charge is 0.0967 e. The van der Waals surface area contributed by atoms with Crippen molar-refractivity contribution in [1.29, 1.82) is 5.26 Å². The molecule has 1 aliphatic heterocycles. The Morgan fingerprint density at radius 1 is 1.33 bits per heavy atom. The molecule has 1 atom stereocenters. The van der Waals surface area contributed by atoms with Gasteiger partial charge < -0.3 is 4.90 Å². The third-order valence-corrected chi connectivity index (χ3v) is 3.82. The minimum Gasteiger partial charge on any atom is -0.300 e. The van der Waals surface area contributed by atoms with Gasteiger partial charge in [0.05, 0.1) is 12.1 Å². The molecule has 0 aliphatic carbocycles. The minimum atomic E-state index is -0.0206. The van der Waals surface area contributed by atoms with E-state index in [1.807, 2.05) is 0 Å². The van der Waals surface area contributed by atoms with Crippen molar-refractivity contribution in [1.82, 2.24) is 15.1 Å². The zero-order valence-corrected chi connectivity index (χ0v) is 12.5. The van der Waals surface area contributed by atoms with E-state index in [-0.39, 0.29) is 11.6 Å². The highest BCUT2D eigenvalue weighted by molar-refractivity contribution is 4.93. The van der Waals surface area contributed by atoms with Crippen molar-refractivity contribution in [2.45, 2.75) is 51.7 Å². The number of rotatable bonds is 5. The molecule has 1 saturated heterocycles. The highest BCUT2D eigenvalue weighted by Gasteiger charge is 2.30. The Kier molecular flexibility index (Phi) is 5.58. The predicted molar refractivity (Wildman–Crippen MR) is 75.4 cm³/mol. The highest BCUT2D eigenvalue weighted by Crippen LogP contribution is 2.18. The summed E-state index contributed by atoms with van der Waals surface area (Å²) in [5.41, 5.74) is 0.242. The predicted octanol–water partition coefficient (Wildman–Crippen LogP) is 1.29. The number of nitrogens with zero attached hydrogens (tertiary/aromatic N) is 3. The molecule has 0 saturated carbocycles. The normalized spacial score (nSPS) is 22.9. The molecule has 1 fully saturated rings. The first kappa shape index (κ1) is 15.4. The monoisotopic (exact) mass is 252 g/mol. The van der Waals surface area contributed by atoms with Crippen LogP contribution < -0.4 is 5.32 Å². The van der Waals surface area contributed by atoms with Crippen LogP contribution in [0.4, 0.5) is 0 Å². The van der Waals surface area contributed by atoms with Gasteiger partial charge in [-0.05, 0) is 41.2 Å². The Balaban J connectivity index is 2.38. The maximum atomic E-state index is 9.11. The summed E-state index contributed by atoms with van der Waals surface area (Å²) in [4.78, 5) is 4.89. The molecular formula is C14H28N4. The van der Waals surface area contributed by atoms with Crippen molar-refractivity contribution >= 4 is 0 Å². The first-order chi connectivity index (χ1) is 8.35. The van der Waals surface area contributed by atoms with Gasteiger partial charge in [-0.2, -0.15) is 5.26 Å². The summed E-state index contributed by atoms with van der Waals surface area (Å²) < 4.78 is 0. The molecule has 0 radical (unpaired) electrons. The second-order valence-corrected chi connectivity index (χ2v) is 6.30. The molecule has 0 aromatic carbocycles. The fourth-order valence-electron chi connectivity index (χ4n) is 2.43. The molecule has 1 rings (SSSR count). The number of nitriles is 1.